The van der Waals surface area contributed by atoms with Crippen LogP contribution in [-0.2, 0) is 4.79 Å². The summed E-state index contributed by atoms with van der Waals surface area (Å²) < 4.78 is 13.2. The molecule has 1 fully saturated rings. The Bertz CT molecular complexity index is 923. The van der Waals surface area contributed by atoms with E-state index in [0.717, 1.165) is 42.2 Å². The van der Waals surface area contributed by atoms with Gasteiger partial charge in [0.15, 0.2) is 0 Å². The third kappa shape index (κ3) is 3.66. The lowest BCUT2D eigenvalue weighted by Gasteiger charge is -2.35. The smallest absolute Gasteiger partial charge is 0.238 e. The fourth-order valence-electron chi connectivity index (χ4n) is 3.12. The van der Waals surface area contributed by atoms with Gasteiger partial charge in [-0.05, 0) is 29.6 Å². The number of halogens is 1. The van der Waals surface area contributed by atoms with Crippen LogP contribution in [0.1, 0.15) is 0 Å². The van der Waals surface area contributed by atoms with Crippen LogP contribution >= 0.6 is 11.3 Å². The highest BCUT2D eigenvalue weighted by Crippen LogP contribution is 2.27. The first kappa shape index (κ1) is 16.9. The number of nitrogens with one attached hydrogen (secondary N) is 1. The van der Waals surface area contributed by atoms with Gasteiger partial charge in [-0.25, -0.2) is 14.4 Å². The highest BCUT2D eigenvalue weighted by Gasteiger charge is 2.21. The van der Waals surface area contributed by atoms with Crippen molar-refractivity contribution < 1.29 is 9.18 Å². The summed E-state index contributed by atoms with van der Waals surface area (Å²) in [7, 11) is 0. The highest BCUT2D eigenvalue weighted by molar-refractivity contribution is 7.16. The normalized spacial score (nSPS) is 15.3. The topological polar surface area (TPSA) is 61.4 Å². The summed E-state index contributed by atoms with van der Waals surface area (Å²) in [5.74, 6) is 0.465. The van der Waals surface area contributed by atoms with E-state index in [0.29, 0.717) is 12.2 Å². The summed E-state index contributed by atoms with van der Waals surface area (Å²) in [4.78, 5) is 26.2. The summed E-state index contributed by atoms with van der Waals surface area (Å²) in [6.45, 7) is 3.44. The standard InChI is InChI=1S/C18H18FN5OS/c19-13-2-1-3-14(10-13)22-16(25)11-23-5-7-24(8-6-23)17-15-4-9-26-18(15)21-12-20-17/h1-4,9-10,12H,5-8,11H2,(H,22,25). The number of benzene rings is 1. The molecule has 0 saturated carbocycles. The summed E-state index contributed by atoms with van der Waals surface area (Å²) in [6, 6.07) is 7.98. The van der Waals surface area contributed by atoms with Gasteiger partial charge in [0.1, 0.15) is 22.8 Å². The van der Waals surface area contributed by atoms with Gasteiger partial charge in [-0.3, -0.25) is 9.69 Å². The monoisotopic (exact) mass is 371 g/mol. The van der Waals surface area contributed by atoms with Gasteiger partial charge in [-0.15, -0.1) is 11.3 Å². The summed E-state index contributed by atoms with van der Waals surface area (Å²) in [6.07, 6.45) is 1.60. The molecular weight excluding hydrogens is 353 g/mol. The van der Waals surface area contributed by atoms with E-state index in [1.807, 2.05) is 11.4 Å². The molecule has 1 amide bonds. The number of rotatable bonds is 4. The van der Waals surface area contributed by atoms with E-state index in [1.54, 1.807) is 29.8 Å². The number of piperazine rings is 1. The van der Waals surface area contributed by atoms with Crippen LogP contribution in [0.15, 0.2) is 42.0 Å². The second kappa shape index (κ2) is 7.35. The first-order chi connectivity index (χ1) is 12.7. The minimum Gasteiger partial charge on any atom is -0.353 e. The Labute approximate surface area is 154 Å². The molecule has 1 aliphatic heterocycles. The second-order valence-electron chi connectivity index (χ2n) is 6.16. The molecule has 1 N–H and O–H groups in total. The molecule has 1 aromatic carbocycles. The number of hydrogen-bond donors (Lipinski definition) is 1. The van der Waals surface area contributed by atoms with Crippen LogP contribution in [-0.4, -0.2) is 53.5 Å². The Morgan fingerprint density at radius 3 is 2.85 bits per heavy atom. The number of fused-ring (bicyclic) bond motifs is 1. The largest absolute Gasteiger partial charge is 0.353 e. The molecule has 1 saturated heterocycles. The number of amides is 1. The third-order valence-electron chi connectivity index (χ3n) is 4.39. The lowest BCUT2D eigenvalue weighted by molar-refractivity contribution is -0.117. The van der Waals surface area contributed by atoms with E-state index >= 15 is 0 Å². The van der Waals surface area contributed by atoms with Gasteiger partial charge >= 0.3 is 0 Å². The maximum atomic E-state index is 13.2. The predicted octanol–water partition coefficient (Wildman–Crippen LogP) is 2.59. The number of aromatic nitrogens is 2. The molecular formula is C18H18FN5OS. The molecule has 3 aromatic rings. The summed E-state index contributed by atoms with van der Waals surface area (Å²) >= 11 is 1.61. The Hall–Kier alpha value is -2.58. The number of thiophene rings is 1. The van der Waals surface area contributed by atoms with Gasteiger partial charge in [0.05, 0.1) is 11.9 Å². The van der Waals surface area contributed by atoms with Crippen molar-refractivity contribution in [3.8, 4) is 0 Å². The van der Waals surface area contributed by atoms with Crippen molar-refractivity contribution in [2.75, 3.05) is 42.9 Å². The Kier molecular flexibility index (Phi) is 4.77. The van der Waals surface area contributed by atoms with E-state index in [2.05, 4.69) is 25.1 Å². The van der Waals surface area contributed by atoms with Crippen LogP contribution in [0.5, 0.6) is 0 Å². The van der Waals surface area contributed by atoms with Crippen LogP contribution in [0, 0.1) is 5.82 Å². The zero-order valence-corrected chi connectivity index (χ0v) is 14.9. The van der Waals surface area contributed by atoms with Gasteiger partial charge in [-0.2, -0.15) is 0 Å². The molecule has 8 heteroatoms. The maximum Gasteiger partial charge on any atom is 0.238 e. The molecule has 134 valence electrons. The lowest BCUT2D eigenvalue weighted by atomic mass is 10.2. The SMILES string of the molecule is O=C(CN1CCN(c2ncnc3sccc23)CC1)Nc1cccc(F)c1. The molecule has 0 aliphatic carbocycles. The number of carbonyl (C=O) groups is 1. The number of carbonyl (C=O) groups excluding carboxylic acids is 1. The number of hydrogen-bond acceptors (Lipinski definition) is 6. The molecule has 0 atom stereocenters. The fourth-order valence-corrected chi connectivity index (χ4v) is 3.84. The maximum absolute atomic E-state index is 13.2. The average Bonchev–Trinajstić information content (AvgIpc) is 3.11. The Morgan fingerprint density at radius 1 is 1.19 bits per heavy atom. The molecule has 0 radical (unpaired) electrons. The van der Waals surface area contributed by atoms with Crippen LogP contribution in [0.3, 0.4) is 0 Å². The molecule has 0 spiro atoms. The van der Waals surface area contributed by atoms with E-state index in [4.69, 9.17) is 0 Å². The quantitative estimate of drug-likeness (QED) is 0.764. The van der Waals surface area contributed by atoms with Gasteiger partial charge in [-0.1, -0.05) is 6.07 Å². The fraction of sp³-hybridized carbons (Fsp3) is 0.278. The molecule has 0 bridgehead atoms. The van der Waals surface area contributed by atoms with E-state index in [9.17, 15) is 9.18 Å². The average molecular weight is 371 g/mol. The first-order valence-corrected chi connectivity index (χ1v) is 9.28. The molecule has 4 rings (SSSR count). The molecule has 6 nitrogen and oxygen atoms in total. The Morgan fingerprint density at radius 2 is 2.04 bits per heavy atom. The van der Waals surface area contributed by atoms with Crippen LogP contribution < -0.4 is 10.2 Å². The molecule has 3 heterocycles. The molecule has 0 unspecified atom stereocenters. The van der Waals surface area contributed by atoms with Gasteiger partial charge in [0, 0.05) is 31.9 Å². The minimum absolute atomic E-state index is 0.133. The van der Waals surface area contributed by atoms with Crippen molar-refractivity contribution in [3.63, 3.8) is 0 Å². The summed E-state index contributed by atoms with van der Waals surface area (Å²) in [5, 5.41) is 5.84. The zero-order chi connectivity index (χ0) is 17.9. The van der Waals surface area contributed by atoms with Crippen LogP contribution in [0.25, 0.3) is 10.2 Å². The van der Waals surface area contributed by atoms with Crippen molar-refractivity contribution in [2.24, 2.45) is 0 Å². The van der Waals surface area contributed by atoms with E-state index < -0.39 is 0 Å². The van der Waals surface area contributed by atoms with Gasteiger partial charge in [0.2, 0.25) is 5.91 Å². The number of nitrogens with zero attached hydrogens (tertiary/aromatic N) is 4. The molecule has 1 aliphatic rings. The van der Waals surface area contributed by atoms with Crippen molar-refractivity contribution in [2.45, 2.75) is 0 Å². The Balaban J connectivity index is 1.33. The molecule has 26 heavy (non-hydrogen) atoms. The van der Waals surface area contributed by atoms with Gasteiger partial charge < -0.3 is 10.2 Å². The number of anilines is 2. The van der Waals surface area contributed by atoms with E-state index in [-0.39, 0.29) is 11.7 Å². The van der Waals surface area contributed by atoms with Crippen molar-refractivity contribution >= 4 is 39.0 Å². The van der Waals surface area contributed by atoms with Crippen molar-refractivity contribution in [3.05, 3.63) is 47.9 Å². The second-order valence-corrected chi connectivity index (χ2v) is 7.05. The van der Waals surface area contributed by atoms with E-state index in [1.165, 1.54) is 12.1 Å². The third-order valence-corrected chi connectivity index (χ3v) is 5.21. The summed E-state index contributed by atoms with van der Waals surface area (Å²) in [5.41, 5.74) is 0.481. The van der Waals surface area contributed by atoms with Crippen LogP contribution in [0.4, 0.5) is 15.9 Å². The lowest BCUT2D eigenvalue weighted by Crippen LogP contribution is -2.49. The zero-order valence-electron chi connectivity index (χ0n) is 14.1. The van der Waals surface area contributed by atoms with Crippen molar-refractivity contribution in [1.29, 1.82) is 0 Å². The van der Waals surface area contributed by atoms with Crippen LogP contribution in [0.2, 0.25) is 0 Å². The highest BCUT2D eigenvalue weighted by atomic mass is 32.1. The van der Waals surface area contributed by atoms with Gasteiger partial charge in [0.25, 0.3) is 0 Å². The van der Waals surface area contributed by atoms with Crippen molar-refractivity contribution in [1.82, 2.24) is 14.9 Å². The minimum atomic E-state index is -0.360. The predicted molar refractivity (Wildman–Crippen MR) is 101 cm³/mol. The molecule has 2 aromatic heterocycles. The first-order valence-electron chi connectivity index (χ1n) is 8.40.